The maximum absolute atomic E-state index is 10.5. The second kappa shape index (κ2) is 5.09. The zero-order valence-electron chi connectivity index (χ0n) is 5.93. The number of nitrogens with one attached hydrogen (secondary N) is 1. The standard InChI is InChI=1S/C5H12BrNO2S/c1-10(8,9)7-5-3-2-4-6/h7H,2-5H2,1H3. The molecule has 3 nitrogen and oxygen atoms in total. The molecule has 0 spiro atoms. The lowest BCUT2D eigenvalue weighted by molar-refractivity contribution is 0.585. The van der Waals surface area contributed by atoms with Crippen LogP contribution >= 0.6 is 15.9 Å². The maximum atomic E-state index is 10.5. The number of hydrogen-bond acceptors (Lipinski definition) is 2. The van der Waals surface area contributed by atoms with Gasteiger partial charge in [0.1, 0.15) is 0 Å². The van der Waals surface area contributed by atoms with Gasteiger partial charge < -0.3 is 0 Å². The molecule has 5 heteroatoms. The molecule has 0 aliphatic rings. The fourth-order valence-electron chi connectivity index (χ4n) is 0.477. The molecule has 0 heterocycles. The fraction of sp³-hybridized carbons (Fsp3) is 1.00. The zero-order valence-corrected chi connectivity index (χ0v) is 8.33. The minimum atomic E-state index is -2.97. The summed E-state index contributed by atoms with van der Waals surface area (Å²) >= 11 is 3.25. The Hall–Kier alpha value is 0.390. The van der Waals surface area contributed by atoms with Crippen molar-refractivity contribution in [2.45, 2.75) is 12.8 Å². The lowest BCUT2D eigenvalue weighted by atomic mass is 10.3. The fourth-order valence-corrected chi connectivity index (χ4v) is 1.39. The van der Waals surface area contributed by atoms with Crippen LogP contribution in [0, 0.1) is 0 Å². The molecule has 0 aliphatic carbocycles. The van der Waals surface area contributed by atoms with E-state index in [1.54, 1.807) is 0 Å². The largest absolute Gasteiger partial charge is 0.215 e. The summed E-state index contributed by atoms with van der Waals surface area (Å²) in [5, 5.41) is 0.929. The van der Waals surface area contributed by atoms with Crippen LogP contribution in [-0.2, 0) is 10.0 Å². The van der Waals surface area contributed by atoms with E-state index in [0.29, 0.717) is 6.54 Å². The predicted molar refractivity (Wildman–Crippen MR) is 45.9 cm³/mol. The maximum Gasteiger partial charge on any atom is 0.208 e. The first-order chi connectivity index (χ1) is 4.56. The third kappa shape index (κ3) is 8.39. The van der Waals surface area contributed by atoms with Crippen molar-refractivity contribution in [1.82, 2.24) is 4.72 Å². The van der Waals surface area contributed by atoms with Crippen molar-refractivity contribution in [2.24, 2.45) is 0 Å². The number of halogens is 1. The summed E-state index contributed by atoms with van der Waals surface area (Å²) in [7, 11) is -2.97. The molecule has 0 radical (unpaired) electrons. The number of rotatable bonds is 5. The molecular weight excluding hydrogens is 218 g/mol. The predicted octanol–water partition coefficient (Wildman–Crippen LogP) is 0.711. The lowest BCUT2D eigenvalue weighted by Crippen LogP contribution is -2.22. The molecule has 62 valence electrons. The lowest BCUT2D eigenvalue weighted by Gasteiger charge is -1.98. The minimum Gasteiger partial charge on any atom is -0.215 e. The Kier molecular flexibility index (Phi) is 5.29. The summed E-state index contributed by atoms with van der Waals surface area (Å²) in [5.74, 6) is 0. The van der Waals surface area contributed by atoms with Crippen molar-refractivity contribution in [3.63, 3.8) is 0 Å². The SMILES string of the molecule is CS(=O)(=O)NCCCCBr. The summed E-state index contributed by atoms with van der Waals surface area (Å²) in [4.78, 5) is 0. The molecular formula is C5H12BrNO2S. The first-order valence-corrected chi connectivity index (χ1v) is 6.08. The van der Waals surface area contributed by atoms with Crippen molar-refractivity contribution in [3.8, 4) is 0 Å². The van der Waals surface area contributed by atoms with Crippen LogP contribution in [-0.4, -0.2) is 26.5 Å². The van der Waals surface area contributed by atoms with Crippen LogP contribution in [0.5, 0.6) is 0 Å². The molecule has 0 amide bonds. The number of alkyl halides is 1. The smallest absolute Gasteiger partial charge is 0.208 e. The van der Waals surface area contributed by atoms with E-state index in [2.05, 4.69) is 20.7 Å². The second-order valence-corrected chi connectivity index (χ2v) is 4.69. The van der Waals surface area contributed by atoms with Crippen LogP contribution in [0.3, 0.4) is 0 Å². The molecule has 0 aliphatic heterocycles. The summed E-state index contributed by atoms with van der Waals surface area (Å²) in [5.41, 5.74) is 0. The molecule has 0 aromatic carbocycles. The van der Waals surface area contributed by atoms with Gasteiger partial charge in [0.2, 0.25) is 10.0 Å². The first kappa shape index (κ1) is 10.4. The molecule has 0 bridgehead atoms. The molecule has 0 unspecified atom stereocenters. The normalized spacial score (nSPS) is 11.8. The van der Waals surface area contributed by atoms with E-state index in [4.69, 9.17) is 0 Å². The highest BCUT2D eigenvalue weighted by atomic mass is 79.9. The van der Waals surface area contributed by atoms with E-state index >= 15 is 0 Å². The van der Waals surface area contributed by atoms with E-state index in [1.807, 2.05) is 0 Å². The third-order valence-corrected chi connectivity index (χ3v) is 2.21. The minimum absolute atomic E-state index is 0.546. The summed E-state index contributed by atoms with van der Waals surface area (Å²) in [6.07, 6.45) is 3.06. The second-order valence-electron chi connectivity index (χ2n) is 2.06. The third-order valence-electron chi connectivity index (χ3n) is 0.925. The van der Waals surface area contributed by atoms with Gasteiger partial charge >= 0.3 is 0 Å². The van der Waals surface area contributed by atoms with Gasteiger partial charge in [0.05, 0.1) is 6.26 Å². The average Bonchev–Trinajstić information content (AvgIpc) is 1.78. The average molecular weight is 230 g/mol. The van der Waals surface area contributed by atoms with Crippen LogP contribution in [0.4, 0.5) is 0 Å². The van der Waals surface area contributed by atoms with Gasteiger partial charge in [-0.3, -0.25) is 0 Å². The quantitative estimate of drug-likeness (QED) is 0.558. The molecule has 0 aromatic rings. The number of unbranched alkanes of at least 4 members (excludes halogenated alkanes) is 1. The van der Waals surface area contributed by atoms with Gasteiger partial charge in [0.25, 0.3) is 0 Å². The Morgan fingerprint density at radius 2 is 2.00 bits per heavy atom. The highest BCUT2D eigenvalue weighted by Gasteiger charge is 1.97. The topological polar surface area (TPSA) is 46.2 Å². The van der Waals surface area contributed by atoms with Crippen molar-refractivity contribution in [1.29, 1.82) is 0 Å². The Morgan fingerprint density at radius 1 is 1.40 bits per heavy atom. The Balaban J connectivity index is 3.21. The molecule has 0 fully saturated rings. The Labute approximate surface area is 70.4 Å². The van der Waals surface area contributed by atoms with E-state index < -0.39 is 10.0 Å². The molecule has 0 saturated heterocycles. The van der Waals surface area contributed by atoms with Gasteiger partial charge in [0.15, 0.2) is 0 Å². The first-order valence-electron chi connectivity index (χ1n) is 3.07. The van der Waals surface area contributed by atoms with Crippen molar-refractivity contribution in [3.05, 3.63) is 0 Å². The van der Waals surface area contributed by atoms with E-state index in [-0.39, 0.29) is 0 Å². The number of sulfonamides is 1. The molecule has 0 saturated carbocycles. The molecule has 0 aromatic heterocycles. The highest BCUT2D eigenvalue weighted by Crippen LogP contribution is 1.91. The number of hydrogen-bond donors (Lipinski definition) is 1. The van der Waals surface area contributed by atoms with Crippen molar-refractivity contribution in [2.75, 3.05) is 18.1 Å². The summed E-state index contributed by atoms with van der Waals surface area (Å²) in [6, 6.07) is 0. The van der Waals surface area contributed by atoms with E-state index in [9.17, 15) is 8.42 Å². The van der Waals surface area contributed by atoms with Gasteiger partial charge in [-0.2, -0.15) is 0 Å². The Morgan fingerprint density at radius 3 is 2.40 bits per heavy atom. The van der Waals surface area contributed by atoms with Gasteiger partial charge in [-0.05, 0) is 12.8 Å². The van der Waals surface area contributed by atoms with Gasteiger partial charge in [-0.25, -0.2) is 13.1 Å². The molecule has 0 rings (SSSR count). The van der Waals surface area contributed by atoms with Crippen LogP contribution in [0.2, 0.25) is 0 Å². The summed E-state index contributed by atoms with van der Waals surface area (Å²) < 4.78 is 23.4. The highest BCUT2D eigenvalue weighted by molar-refractivity contribution is 9.09. The van der Waals surface area contributed by atoms with Crippen molar-refractivity contribution >= 4 is 26.0 Å². The van der Waals surface area contributed by atoms with E-state index in [0.717, 1.165) is 18.2 Å². The van der Waals surface area contributed by atoms with Gasteiger partial charge in [-0.15, -0.1) is 0 Å². The van der Waals surface area contributed by atoms with Crippen LogP contribution in [0.25, 0.3) is 0 Å². The zero-order chi connectivity index (χ0) is 8.04. The monoisotopic (exact) mass is 229 g/mol. The van der Waals surface area contributed by atoms with Crippen LogP contribution in [0.1, 0.15) is 12.8 Å². The summed E-state index contributed by atoms with van der Waals surface area (Å²) in [6.45, 7) is 0.546. The molecule has 0 atom stereocenters. The van der Waals surface area contributed by atoms with Gasteiger partial charge in [-0.1, -0.05) is 15.9 Å². The molecule has 10 heavy (non-hydrogen) atoms. The Bertz CT molecular complexity index is 166. The van der Waals surface area contributed by atoms with Crippen molar-refractivity contribution < 1.29 is 8.42 Å². The molecule has 1 N–H and O–H groups in total. The van der Waals surface area contributed by atoms with Crippen LogP contribution in [0.15, 0.2) is 0 Å². The van der Waals surface area contributed by atoms with Crippen LogP contribution < -0.4 is 4.72 Å². The van der Waals surface area contributed by atoms with E-state index in [1.165, 1.54) is 6.26 Å². The van der Waals surface area contributed by atoms with Gasteiger partial charge in [0, 0.05) is 11.9 Å².